The molecule has 0 aromatic carbocycles. The fraction of sp³-hybridized carbons (Fsp3) is 0.941. The van der Waals surface area contributed by atoms with Gasteiger partial charge in [0.1, 0.15) is 0 Å². The summed E-state index contributed by atoms with van der Waals surface area (Å²) in [5.74, 6) is 3.00. The van der Waals surface area contributed by atoms with E-state index >= 15 is 0 Å². The van der Waals surface area contributed by atoms with Crippen molar-refractivity contribution in [3.05, 3.63) is 0 Å². The zero-order valence-electron chi connectivity index (χ0n) is 13.1. The van der Waals surface area contributed by atoms with E-state index in [0.717, 1.165) is 35.9 Å². The van der Waals surface area contributed by atoms with Crippen molar-refractivity contribution in [2.75, 3.05) is 19.0 Å². The van der Waals surface area contributed by atoms with Gasteiger partial charge >= 0.3 is 0 Å². The summed E-state index contributed by atoms with van der Waals surface area (Å²) in [6, 6.07) is 0.149. The van der Waals surface area contributed by atoms with E-state index in [1.807, 2.05) is 0 Å². The van der Waals surface area contributed by atoms with Crippen molar-refractivity contribution in [1.29, 1.82) is 0 Å². The van der Waals surface area contributed by atoms with Crippen LogP contribution in [0, 0.1) is 23.2 Å². The van der Waals surface area contributed by atoms with Gasteiger partial charge in [-0.15, -0.1) is 0 Å². The Morgan fingerprint density at radius 1 is 1.24 bits per heavy atom. The van der Waals surface area contributed by atoms with Crippen molar-refractivity contribution in [2.24, 2.45) is 23.2 Å². The van der Waals surface area contributed by atoms with E-state index in [-0.39, 0.29) is 11.9 Å². The third kappa shape index (κ3) is 3.64. The summed E-state index contributed by atoms with van der Waals surface area (Å²) in [5.41, 5.74) is 0.338. The van der Waals surface area contributed by atoms with Gasteiger partial charge in [-0.25, -0.2) is 0 Å². The number of carbonyl (C=O) groups excluding carboxylic acids is 1. The molecule has 4 fully saturated rings. The minimum absolute atomic E-state index is 0.149. The molecule has 4 aliphatic rings. The standard InChI is InChI=1S/C17H28BrNO2/c1-21-11-15(2-3-18)19-16(20)10-17-7-12-4-13(8-17)6-14(5-12)9-17/h12-15H,2-11H2,1H3,(H,19,20). The maximum absolute atomic E-state index is 12.5. The quantitative estimate of drug-likeness (QED) is 0.708. The summed E-state index contributed by atoms with van der Waals surface area (Å²) in [4.78, 5) is 12.5. The minimum atomic E-state index is 0.149. The second kappa shape index (κ2) is 6.57. The van der Waals surface area contributed by atoms with Crippen LogP contribution in [-0.2, 0) is 9.53 Å². The van der Waals surface area contributed by atoms with E-state index in [2.05, 4.69) is 21.2 Å². The van der Waals surface area contributed by atoms with Crippen LogP contribution in [-0.4, -0.2) is 31.0 Å². The molecule has 120 valence electrons. The third-order valence-corrected chi connectivity index (χ3v) is 6.35. The first-order chi connectivity index (χ1) is 10.1. The first kappa shape index (κ1) is 15.8. The largest absolute Gasteiger partial charge is 0.383 e. The average molecular weight is 358 g/mol. The highest BCUT2D eigenvalue weighted by Gasteiger charge is 2.51. The zero-order valence-corrected chi connectivity index (χ0v) is 14.7. The van der Waals surface area contributed by atoms with E-state index < -0.39 is 0 Å². The lowest BCUT2D eigenvalue weighted by molar-refractivity contribution is -0.130. The molecule has 0 aliphatic heterocycles. The normalized spacial score (nSPS) is 38.5. The van der Waals surface area contributed by atoms with Crippen LogP contribution in [0.25, 0.3) is 0 Å². The molecule has 4 rings (SSSR count). The molecule has 4 heteroatoms. The molecular weight excluding hydrogens is 330 g/mol. The molecule has 3 nitrogen and oxygen atoms in total. The highest BCUT2D eigenvalue weighted by atomic mass is 79.9. The molecule has 0 radical (unpaired) electrons. The molecule has 1 atom stereocenters. The minimum Gasteiger partial charge on any atom is -0.383 e. The van der Waals surface area contributed by atoms with E-state index in [0.29, 0.717) is 12.0 Å². The van der Waals surface area contributed by atoms with Crippen molar-refractivity contribution < 1.29 is 9.53 Å². The van der Waals surface area contributed by atoms with Crippen LogP contribution in [0.1, 0.15) is 51.4 Å². The van der Waals surface area contributed by atoms with Crippen LogP contribution in [0.15, 0.2) is 0 Å². The fourth-order valence-electron chi connectivity index (χ4n) is 5.66. The van der Waals surface area contributed by atoms with Crippen LogP contribution in [0.5, 0.6) is 0 Å². The smallest absolute Gasteiger partial charge is 0.220 e. The predicted molar refractivity (Wildman–Crippen MR) is 87.4 cm³/mol. The summed E-state index contributed by atoms with van der Waals surface area (Å²) in [5, 5.41) is 4.10. The number of hydrogen-bond acceptors (Lipinski definition) is 2. The SMILES string of the molecule is COCC(CCBr)NC(=O)CC12CC3CC(CC(C3)C1)C2. The van der Waals surface area contributed by atoms with E-state index in [9.17, 15) is 4.79 Å². The molecule has 0 aromatic heterocycles. The summed E-state index contributed by atoms with van der Waals surface area (Å²) >= 11 is 3.46. The van der Waals surface area contributed by atoms with Crippen molar-refractivity contribution in [2.45, 2.75) is 57.4 Å². The molecule has 1 N–H and O–H groups in total. The van der Waals surface area contributed by atoms with E-state index in [4.69, 9.17) is 4.74 Å². The average Bonchev–Trinajstić information content (AvgIpc) is 2.36. The molecule has 0 saturated heterocycles. The van der Waals surface area contributed by atoms with Crippen LogP contribution >= 0.6 is 15.9 Å². The first-order valence-electron chi connectivity index (χ1n) is 8.47. The van der Waals surface area contributed by atoms with Gasteiger partial charge in [0.25, 0.3) is 0 Å². The maximum Gasteiger partial charge on any atom is 0.220 e. The Bertz CT molecular complexity index is 344. The number of alkyl halides is 1. The van der Waals surface area contributed by atoms with Gasteiger partial charge in [0.2, 0.25) is 5.91 Å². The van der Waals surface area contributed by atoms with Crippen LogP contribution in [0.3, 0.4) is 0 Å². The summed E-state index contributed by atoms with van der Waals surface area (Å²) in [6.45, 7) is 0.609. The number of rotatable bonds is 7. The van der Waals surface area contributed by atoms with Crippen LogP contribution in [0.2, 0.25) is 0 Å². The molecule has 0 heterocycles. The molecule has 4 aliphatic carbocycles. The van der Waals surface area contributed by atoms with Crippen molar-refractivity contribution in [3.63, 3.8) is 0 Å². The topological polar surface area (TPSA) is 38.3 Å². The number of amides is 1. The number of halogens is 1. The number of nitrogens with one attached hydrogen (secondary N) is 1. The number of carbonyl (C=O) groups is 1. The van der Waals surface area contributed by atoms with Gasteiger partial charge in [-0.05, 0) is 68.1 Å². The van der Waals surface area contributed by atoms with Gasteiger partial charge < -0.3 is 10.1 Å². The van der Waals surface area contributed by atoms with Gasteiger partial charge in [0.05, 0.1) is 12.6 Å². The van der Waals surface area contributed by atoms with Gasteiger partial charge in [0, 0.05) is 18.9 Å². The van der Waals surface area contributed by atoms with Gasteiger partial charge in [-0.1, -0.05) is 15.9 Å². The zero-order chi connectivity index (χ0) is 14.9. The molecular formula is C17H28BrNO2. The Balaban J connectivity index is 1.57. The van der Waals surface area contributed by atoms with Crippen molar-refractivity contribution >= 4 is 21.8 Å². The second-order valence-corrected chi connectivity index (χ2v) is 8.58. The molecule has 0 spiro atoms. The lowest BCUT2D eigenvalue weighted by atomic mass is 9.49. The van der Waals surface area contributed by atoms with Crippen LogP contribution in [0.4, 0.5) is 0 Å². The Hall–Kier alpha value is -0.0900. The Kier molecular flexibility index (Phi) is 4.94. The highest BCUT2D eigenvalue weighted by molar-refractivity contribution is 9.09. The first-order valence-corrected chi connectivity index (χ1v) is 9.59. The van der Waals surface area contributed by atoms with E-state index in [1.165, 1.54) is 38.5 Å². The van der Waals surface area contributed by atoms with E-state index in [1.54, 1.807) is 7.11 Å². The van der Waals surface area contributed by atoms with Crippen LogP contribution < -0.4 is 5.32 Å². The number of ether oxygens (including phenoxy) is 1. The molecule has 0 aromatic rings. The fourth-order valence-corrected chi connectivity index (χ4v) is 6.21. The van der Waals surface area contributed by atoms with Crippen molar-refractivity contribution in [1.82, 2.24) is 5.32 Å². The molecule has 21 heavy (non-hydrogen) atoms. The lowest BCUT2D eigenvalue weighted by Crippen LogP contribution is -2.49. The molecule has 4 saturated carbocycles. The van der Waals surface area contributed by atoms with Gasteiger partial charge in [-0.3, -0.25) is 4.79 Å². The van der Waals surface area contributed by atoms with Gasteiger partial charge in [-0.2, -0.15) is 0 Å². The number of methoxy groups -OCH3 is 1. The van der Waals surface area contributed by atoms with Gasteiger partial charge in [0.15, 0.2) is 0 Å². The molecule has 1 unspecified atom stereocenters. The molecule has 1 amide bonds. The third-order valence-electron chi connectivity index (χ3n) is 5.89. The lowest BCUT2D eigenvalue weighted by Gasteiger charge is -2.56. The van der Waals surface area contributed by atoms with Crippen molar-refractivity contribution in [3.8, 4) is 0 Å². The number of hydrogen-bond donors (Lipinski definition) is 1. The summed E-state index contributed by atoms with van der Waals surface area (Å²) in [6.07, 6.45) is 9.92. The maximum atomic E-state index is 12.5. The Morgan fingerprint density at radius 3 is 2.29 bits per heavy atom. The predicted octanol–water partition coefficient (Wildman–Crippen LogP) is 3.51. The summed E-state index contributed by atoms with van der Waals surface area (Å²) in [7, 11) is 1.70. The second-order valence-electron chi connectivity index (χ2n) is 7.79. The monoisotopic (exact) mass is 357 g/mol. The Labute approximate surface area is 136 Å². The Morgan fingerprint density at radius 2 is 1.81 bits per heavy atom. The highest BCUT2D eigenvalue weighted by Crippen LogP contribution is 2.61. The summed E-state index contributed by atoms with van der Waals surface area (Å²) < 4.78 is 5.22. The molecule has 4 bridgehead atoms.